The molecule has 0 bridgehead atoms. The van der Waals surface area contributed by atoms with Crippen molar-refractivity contribution < 1.29 is 9.15 Å². The zero-order chi connectivity index (χ0) is 16.3. The molecule has 5 nitrogen and oxygen atoms in total. The Bertz CT molecular complexity index is 651. The summed E-state index contributed by atoms with van der Waals surface area (Å²) >= 11 is 0. The normalized spacial score (nSPS) is 20.4. The lowest BCUT2D eigenvalue weighted by molar-refractivity contribution is 0.163. The van der Waals surface area contributed by atoms with E-state index in [2.05, 4.69) is 29.4 Å². The van der Waals surface area contributed by atoms with E-state index in [4.69, 9.17) is 9.15 Å². The van der Waals surface area contributed by atoms with Crippen molar-refractivity contribution in [3.63, 3.8) is 0 Å². The maximum atomic E-state index is 5.81. The van der Waals surface area contributed by atoms with E-state index < -0.39 is 0 Å². The molecule has 1 aliphatic rings. The number of methoxy groups -OCH3 is 1. The molecule has 23 heavy (non-hydrogen) atoms. The second-order valence-electron chi connectivity index (χ2n) is 6.87. The highest BCUT2D eigenvalue weighted by atomic mass is 16.5. The number of benzene rings is 1. The van der Waals surface area contributed by atoms with Crippen molar-refractivity contribution in [2.75, 3.05) is 7.11 Å². The van der Waals surface area contributed by atoms with E-state index in [1.54, 1.807) is 7.11 Å². The van der Waals surface area contributed by atoms with Gasteiger partial charge in [-0.1, -0.05) is 38.8 Å². The maximum absolute atomic E-state index is 5.81. The molecule has 1 N–H and O–H groups in total. The summed E-state index contributed by atoms with van der Waals surface area (Å²) in [6.45, 7) is 5.27. The van der Waals surface area contributed by atoms with Crippen LogP contribution in [0.1, 0.15) is 45.4 Å². The van der Waals surface area contributed by atoms with Gasteiger partial charge >= 0.3 is 0 Å². The molecular weight excluding hydrogens is 290 g/mol. The lowest BCUT2D eigenvalue weighted by Gasteiger charge is -2.39. The highest BCUT2D eigenvalue weighted by molar-refractivity contribution is 5.62. The number of rotatable bonds is 5. The van der Waals surface area contributed by atoms with Gasteiger partial charge in [0.25, 0.3) is 5.89 Å². The molecule has 1 aromatic carbocycles. The van der Waals surface area contributed by atoms with E-state index in [0.29, 0.717) is 29.8 Å². The molecule has 124 valence electrons. The first kappa shape index (κ1) is 16.0. The van der Waals surface area contributed by atoms with Crippen LogP contribution in [0.4, 0.5) is 0 Å². The van der Waals surface area contributed by atoms with Crippen molar-refractivity contribution in [1.82, 2.24) is 15.5 Å². The minimum Gasteiger partial charge on any atom is -0.496 e. The second-order valence-corrected chi connectivity index (χ2v) is 6.87. The van der Waals surface area contributed by atoms with Crippen molar-refractivity contribution in [1.29, 1.82) is 0 Å². The SMILES string of the molecule is COc1ccccc1-c1nnc(CN[C@@H]2CCCCC2(C)C)o1. The van der Waals surface area contributed by atoms with Gasteiger partial charge in [0.15, 0.2) is 0 Å². The van der Waals surface area contributed by atoms with Crippen LogP contribution in [0.25, 0.3) is 11.5 Å². The summed E-state index contributed by atoms with van der Waals surface area (Å²) in [5.41, 5.74) is 1.15. The van der Waals surface area contributed by atoms with E-state index in [1.165, 1.54) is 25.7 Å². The summed E-state index contributed by atoms with van der Waals surface area (Å²) in [6, 6.07) is 8.17. The Morgan fingerprint density at radius 2 is 2.09 bits per heavy atom. The third-order valence-electron chi connectivity index (χ3n) is 4.81. The van der Waals surface area contributed by atoms with E-state index >= 15 is 0 Å². The first-order valence-electron chi connectivity index (χ1n) is 8.29. The Morgan fingerprint density at radius 1 is 1.26 bits per heavy atom. The van der Waals surface area contributed by atoms with Gasteiger partial charge < -0.3 is 14.5 Å². The van der Waals surface area contributed by atoms with Gasteiger partial charge in [0, 0.05) is 6.04 Å². The van der Waals surface area contributed by atoms with Crippen LogP contribution in [0.3, 0.4) is 0 Å². The second kappa shape index (κ2) is 6.71. The fraction of sp³-hybridized carbons (Fsp3) is 0.556. The van der Waals surface area contributed by atoms with Crippen LogP contribution in [0, 0.1) is 5.41 Å². The van der Waals surface area contributed by atoms with E-state index in [-0.39, 0.29) is 0 Å². The predicted molar refractivity (Wildman–Crippen MR) is 89.2 cm³/mol. The van der Waals surface area contributed by atoms with Crippen LogP contribution in [0.2, 0.25) is 0 Å². The molecule has 1 atom stereocenters. The van der Waals surface area contributed by atoms with Gasteiger partial charge in [-0.3, -0.25) is 0 Å². The Balaban J connectivity index is 1.68. The minimum absolute atomic E-state index is 0.323. The molecule has 0 spiro atoms. The zero-order valence-corrected chi connectivity index (χ0v) is 14.1. The van der Waals surface area contributed by atoms with E-state index in [9.17, 15) is 0 Å². The van der Waals surface area contributed by atoms with Crippen LogP contribution < -0.4 is 10.1 Å². The number of para-hydroxylation sites is 1. The lowest BCUT2D eigenvalue weighted by Crippen LogP contribution is -2.43. The van der Waals surface area contributed by atoms with Gasteiger partial charge in [-0.15, -0.1) is 10.2 Å². The van der Waals surface area contributed by atoms with Crippen molar-refractivity contribution in [2.45, 2.75) is 52.1 Å². The summed E-state index contributed by atoms with van der Waals surface area (Å²) in [6.07, 6.45) is 5.09. The topological polar surface area (TPSA) is 60.2 Å². The number of ether oxygens (including phenoxy) is 1. The number of nitrogens with zero attached hydrogens (tertiary/aromatic N) is 2. The fourth-order valence-corrected chi connectivity index (χ4v) is 3.34. The first-order chi connectivity index (χ1) is 11.1. The number of hydrogen-bond acceptors (Lipinski definition) is 5. The molecule has 1 aromatic heterocycles. The van der Waals surface area contributed by atoms with Gasteiger partial charge in [0.2, 0.25) is 5.89 Å². The van der Waals surface area contributed by atoms with Crippen LogP contribution in [-0.4, -0.2) is 23.3 Å². The van der Waals surface area contributed by atoms with Gasteiger partial charge in [-0.05, 0) is 30.4 Å². The van der Waals surface area contributed by atoms with E-state index in [0.717, 1.165) is 11.3 Å². The van der Waals surface area contributed by atoms with Crippen molar-refractivity contribution in [3.8, 4) is 17.2 Å². The molecule has 0 unspecified atom stereocenters. The number of hydrogen-bond donors (Lipinski definition) is 1. The Labute approximate surface area is 137 Å². The fourth-order valence-electron chi connectivity index (χ4n) is 3.34. The zero-order valence-electron chi connectivity index (χ0n) is 14.1. The average Bonchev–Trinajstić information content (AvgIpc) is 3.02. The first-order valence-corrected chi connectivity index (χ1v) is 8.29. The van der Waals surface area contributed by atoms with Gasteiger partial charge in [-0.2, -0.15) is 0 Å². The molecule has 0 aliphatic heterocycles. The van der Waals surface area contributed by atoms with Crippen molar-refractivity contribution >= 4 is 0 Å². The van der Waals surface area contributed by atoms with Gasteiger partial charge in [0.05, 0.1) is 19.2 Å². The molecule has 0 radical (unpaired) electrons. The summed E-state index contributed by atoms with van der Waals surface area (Å²) < 4.78 is 11.2. The summed E-state index contributed by atoms with van der Waals surface area (Å²) in [5.74, 6) is 1.86. The molecule has 2 aromatic rings. The monoisotopic (exact) mass is 315 g/mol. The van der Waals surface area contributed by atoms with Gasteiger partial charge in [0.1, 0.15) is 5.75 Å². The summed E-state index contributed by atoms with van der Waals surface area (Å²) in [5, 5.41) is 11.9. The lowest BCUT2D eigenvalue weighted by atomic mass is 9.73. The van der Waals surface area contributed by atoms with Crippen molar-refractivity contribution in [3.05, 3.63) is 30.2 Å². The Morgan fingerprint density at radius 3 is 2.87 bits per heavy atom. The Kier molecular flexibility index (Phi) is 4.66. The molecule has 1 saturated carbocycles. The third kappa shape index (κ3) is 3.55. The van der Waals surface area contributed by atoms with Crippen LogP contribution in [0.5, 0.6) is 5.75 Å². The third-order valence-corrected chi connectivity index (χ3v) is 4.81. The molecule has 1 aliphatic carbocycles. The molecule has 3 rings (SSSR count). The smallest absolute Gasteiger partial charge is 0.251 e. The average molecular weight is 315 g/mol. The van der Waals surface area contributed by atoms with Crippen molar-refractivity contribution in [2.24, 2.45) is 5.41 Å². The maximum Gasteiger partial charge on any atom is 0.251 e. The molecular formula is C18H25N3O2. The van der Waals surface area contributed by atoms with Gasteiger partial charge in [-0.25, -0.2) is 0 Å². The molecule has 0 amide bonds. The van der Waals surface area contributed by atoms with Crippen LogP contribution in [0.15, 0.2) is 28.7 Å². The van der Waals surface area contributed by atoms with E-state index in [1.807, 2.05) is 24.3 Å². The highest BCUT2D eigenvalue weighted by Crippen LogP contribution is 2.35. The number of nitrogens with one attached hydrogen (secondary N) is 1. The molecule has 5 heteroatoms. The molecule has 1 heterocycles. The summed E-state index contributed by atoms with van der Waals surface area (Å²) in [4.78, 5) is 0. The predicted octanol–water partition coefficient (Wildman–Crippen LogP) is 3.80. The van der Waals surface area contributed by atoms with Crippen LogP contribution in [-0.2, 0) is 6.54 Å². The van der Waals surface area contributed by atoms with Crippen LogP contribution >= 0.6 is 0 Å². The quantitative estimate of drug-likeness (QED) is 0.909. The Hall–Kier alpha value is -1.88. The highest BCUT2D eigenvalue weighted by Gasteiger charge is 2.31. The largest absolute Gasteiger partial charge is 0.496 e. The minimum atomic E-state index is 0.323. The molecule has 0 saturated heterocycles. The molecule has 1 fully saturated rings. The summed E-state index contributed by atoms with van der Waals surface area (Å²) in [7, 11) is 1.64. The number of aromatic nitrogens is 2. The standard InChI is InChI=1S/C18H25N3O2/c1-18(2)11-7-6-10-15(18)19-12-16-20-21-17(23-16)13-8-4-5-9-14(13)22-3/h4-5,8-9,15,19H,6-7,10-12H2,1-3H3/t15-/m1/s1.